The number of halogens is 2. The van der Waals surface area contributed by atoms with Crippen molar-refractivity contribution in [2.24, 2.45) is 0 Å². The zero-order chi connectivity index (χ0) is 12.7. The standard InChI is InChI=1S/C12H19F2NOS/c1-3-15-10(4-6-16-8-11(13)14)12-9(2)5-7-17-12/h5,7,10-11,15H,3-4,6,8H2,1-2H3. The molecule has 17 heavy (non-hydrogen) atoms. The summed E-state index contributed by atoms with van der Waals surface area (Å²) in [4.78, 5) is 1.27. The van der Waals surface area contributed by atoms with Crippen LogP contribution in [0.5, 0.6) is 0 Å². The lowest BCUT2D eigenvalue weighted by atomic mass is 10.1. The molecule has 1 N–H and O–H groups in total. The Hall–Kier alpha value is -0.520. The fourth-order valence-electron chi connectivity index (χ4n) is 1.69. The summed E-state index contributed by atoms with van der Waals surface area (Å²) in [5.41, 5.74) is 1.25. The third kappa shape index (κ3) is 5.10. The second-order valence-corrected chi connectivity index (χ2v) is 4.78. The van der Waals surface area contributed by atoms with E-state index in [1.54, 1.807) is 11.3 Å². The summed E-state index contributed by atoms with van der Waals surface area (Å²) in [5.74, 6) is 0. The molecule has 0 bridgehead atoms. The van der Waals surface area contributed by atoms with Gasteiger partial charge in [0.1, 0.15) is 6.61 Å². The van der Waals surface area contributed by atoms with E-state index in [1.165, 1.54) is 10.4 Å². The highest BCUT2D eigenvalue weighted by Crippen LogP contribution is 2.26. The van der Waals surface area contributed by atoms with E-state index in [4.69, 9.17) is 4.74 Å². The van der Waals surface area contributed by atoms with Gasteiger partial charge < -0.3 is 10.1 Å². The lowest BCUT2D eigenvalue weighted by molar-refractivity contribution is 0.0144. The summed E-state index contributed by atoms with van der Waals surface area (Å²) in [6.07, 6.45) is -1.65. The molecule has 1 unspecified atom stereocenters. The summed E-state index contributed by atoms with van der Waals surface area (Å²) in [7, 11) is 0. The van der Waals surface area contributed by atoms with Crippen LogP contribution in [0.3, 0.4) is 0 Å². The van der Waals surface area contributed by atoms with Crippen molar-refractivity contribution in [2.75, 3.05) is 19.8 Å². The molecule has 0 aliphatic rings. The van der Waals surface area contributed by atoms with Crippen LogP contribution in [0.25, 0.3) is 0 Å². The minimum absolute atomic E-state index is 0.206. The Bertz CT molecular complexity index is 317. The number of nitrogens with one attached hydrogen (secondary N) is 1. The molecule has 1 rings (SSSR count). The van der Waals surface area contributed by atoms with Gasteiger partial charge >= 0.3 is 0 Å². The van der Waals surface area contributed by atoms with Gasteiger partial charge in [0.05, 0.1) is 0 Å². The lowest BCUT2D eigenvalue weighted by Crippen LogP contribution is -2.22. The van der Waals surface area contributed by atoms with Crippen LogP contribution in [0.4, 0.5) is 8.78 Å². The van der Waals surface area contributed by atoms with Gasteiger partial charge in [0.15, 0.2) is 0 Å². The molecule has 1 aromatic heterocycles. The van der Waals surface area contributed by atoms with Crippen molar-refractivity contribution in [3.63, 3.8) is 0 Å². The molecule has 5 heteroatoms. The van der Waals surface area contributed by atoms with Gasteiger partial charge in [0.2, 0.25) is 0 Å². The molecule has 98 valence electrons. The molecule has 0 amide bonds. The number of hydrogen-bond donors (Lipinski definition) is 1. The smallest absolute Gasteiger partial charge is 0.261 e. The highest BCUT2D eigenvalue weighted by molar-refractivity contribution is 7.10. The first-order valence-electron chi connectivity index (χ1n) is 5.78. The molecule has 0 radical (unpaired) electrons. The molecule has 1 heterocycles. The van der Waals surface area contributed by atoms with Gasteiger partial charge in [0, 0.05) is 17.5 Å². The second-order valence-electron chi connectivity index (χ2n) is 3.83. The molecular formula is C12H19F2NOS. The maximum absolute atomic E-state index is 11.9. The molecule has 0 saturated heterocycles. The Kier molecular flexibility index (Phi) is 6.62. The number of thiophene rings is 1. The van der Waals surface area contributed by atoms with Gasteiger partial charge in [0.25, 0.3) is 6.43 Å². The van der Waals surface area contributed by atoms with Gasteiger partial charge in [-0.15, -0.1) is 11.3 Å². The average molecular weight is 263 g/mol. The van der Waals surface area contributed by atoms with E-state index in [0.717, 1.165) is 13.0 Å². The van der Waals surface area contributed by atoms with Crippen molar-refractivity contribution >= 4 is 11.3 Å². The highest BCUT2D eigenvalue weighted by Gasteiger charge is 2.14. The minimum Gasteiger partial charge on any atom is -0.375 e. The second kappa shape index (κ2) is 7.74. The summed E-state index contributed by atoms with van der Waals surface area (Å²) in [6, 6.07) is 2.28. The van der Waals surface area contributed by atoms with Crippen LogP contribution in [0.2, 0.25) is 0 Å². The molecule has 0 saturated carbocycles. The summed E-state index contributed by atoms with van der Waals surface area (Å²) >= 11 is 1.70. The fraction of sp³-hybridized carbons (Fsp3) is 0.667. The predicted octanol–water partition coefficient (Wildman–Crippen LogP) is 3.38. The first-order valence-corrected chi connectivity index (χ1v) is 6.66. The van der Waals surface area contributed by atoms with E-state index in [0.29, 0.717) is 6.61 Å². The summed E-state index contributed by atoms with van der Waals surface area (Å²) in [5, 5.41) is 5.41. The predicted molar refractivity (Wildman–Crippen MR) is 66.9 cm³/mol. The lowest BCUT2D eigenvalue weighted by Gasteiger charge is -2.17. The van der Waals surface area contributed by atoms with E-state index in [1.807, 2.05) is 6.92 Å². The minimum atomic E-state index is -2.38. The Morgan fingerprint density at radius 3 is 2.76 bits per heavy atom. The van der Waals surface area contributed by atoms with Crippen LogP contribution in [0.15, 0.2) is 11.4 Å². The molecule has 1 atom stereocenters. The zero-order valence-electron chi connectivity index (χ0n) is 10.2. The van der Waals surface area contributed by atoms with E-state index < -0.39 is 13.0 Å². The molecule has 0 spiro atoms. The zero-order valence-corrected chi connectivity index (χ0v) is 11.0. The molecule has 1 aromatic rings. The van der Waals surface area contributed by atoms with Crippen LogP contribution in [0, 0.1) is 6.92 Å². The number of hydrogen-bond acceptors (Lipinski definition) is 3. The van der Waals surface area contributed by atoms with Crippen LogP contribution >= 0.6 is 11.3 Å². The van der Waals surface area contributed by atoms with Crippen molar-refractivity contribution < 1.29 is 13.5 Å². The van der Waals surface area contributed by atoms with E-state index in [-0.39, 0.29) is 6.04 Å². The van der Waals surface area contributed by atoms with Crippen molar-refractivity contribution in [1.29, 1.82) is 0 Å². The third-order valence-corrected chi connectivity index (χ3v) is 3.60. The largest absolute Gasteiger partial charge is 0.375 e. The fourth-order valence-corrected chi connectivity index (χ4v) is 2.73. The highest BCUT2D eigenvalue weighted by atomic mass is 32.1. The van der Waals surface area contributed by atoms with Crippen LogP contribution < -0.4 is 5.32 Å². The van der Waals surface area contributed by atoms with Crippen LogP contribution in [-0.4, -0.2) is 26.2 Å². The van der Waals surface area contributed by atoms with Crippen molar-refractivity contribution in [3.8, 4) is 0 Å². The summed E-state index contributed by atoms with van der Waals surface area (Å²) < 4.78 is 28.7. The average Bonchev–Trinajstić information content (AvgIpc) is 2.69. The Labute approximate surface area is 105 Å². The van der Waals surface area contributed by atoms with Gasteiger partial charge in [-0.3, -0.25) is 0 Å². The Morgan fingerprint density at radius 1 is 1.47 bits per heavy atom. The third-order valence-electron chi connectivity index (χ3n) is 2.46. The molecule has 0 fully saturated rings. The normalized spacial score (nSPS) is 13.2. The first kappa shape index (κ1) is 14.5. The van der Waals surface area contributed by atoms with Crippen molar-refractivity contribution in [2.45, 2.75) is 32.7 Å². The number of ether oxygens (including phenoxy) is 1. The topological polar surface area (TPSA) is 21.3 Å². The van der Waals surface area contributed by atoms with Gasteiger partial charge in [-0.1, -0.05) is 6.92 Å². The first-order chi connectivity index (χ1) is 8.15. The summed E-state index contributed by atoms with van der Waals surface area (Å²) in [6.45, 7) is 4.85. The van der Waals surface area contributed by atoms with Crippen molar-refractivity contribution in [1.82, 2.24) is 5.32 Å². The molecule has 0 aliphatic carbocycles. The molecule has 2 nitrogen and oxygen atoms in total. The molecule has 0 aromatic carbocycles. The SMILES string of the molecule is CCNC(CCOCC(F)F)c1sccc1C. The van der Waals surface area contributed by atoms with Crippen LogP contribution in [-0.2, 0) is 4.74 Å². The van der Waals surface area contributed by atoms with Gasteiger partial charge in [-0.25, -0.2) is 8.78 Å². The van der Waals surface area contributed by atoms with Crippen molar-refractivity contribution in [3.05, 3.63) is 21.9 Å². The Morgan fingerprint density at radius 2 is 2.24 bits per heavy atom. The van der Waals surface area contributed by atoms with E-state index >= 15 is 0 Å². The number of rotatable bonds is 8. The molecule has 0 aliphatic heterocycles. The maximum Gasteiger partial charge on any atom is 0.261 e. The van der Waals surface area contributed by atoms with Crippen LogP contribution in [0.1, 0.15) is 29.8 Å². The van der Waals surface area contributed by atoms with Gasteiger partial charge in [-0.05, 0) is 36.9 Å². The number of aryl methyl sites for hydroxylation is 1. The van der Waals surface area contributed by atoms with E-state index in [9.17, 15) is 8.78 Å². The van der Waals surface area contributed by atoms with Gasteiger partial charge in [-0.2, -0.15) is 0 Å². The van der Waals surface area contributed by atoms with E-state index in [2.05, 4.69) is 23.7 Å². The molecular weight excluding hydrogens is 244 g/mol. The Balaban J connectivity index is 2.41. The number of alkyl halides is 2. The monoisotopic (exact) mass is 263 g/mol. The quantitative estimate of drug-likeness (QED) is 0.726. The maximum atomic E-state index is 11.9.